The molecule has 1 aliphatic carbocycles. The van der Waals surface area contributed by atoms with Crippen molar-refractivity contribution in [2.75, 3.05) is 4.90 Å². The quantitative estimate of drug-likeness (QED) is 0.172. The average molecular weight is 859 g/mol. The molecule has 0 N–H and O–H groups in total. The standard InChI is InChI=1S/C59H38N8/c1-59-33-13-12-24-55(59)65(54-23-11-6-18-47(54)59)40-30-32-53-46(35-40)44-17-5-10-22-51(44)67(53)58-62-56(38-27-25-37(36-60)26-28-38)61-57(63-58)66-50-21-9-4-16-43(50)45-34-39(29-31-52(45)66)64-48-19-7-2-14-41(48)42-15-3-8-20-49(42)64/h2-35,55H,1H3. The third-order valence-corrected chi connectivity index (χ3v) is 14.2. The number of benzene rings is 8. The molecule has 67 heavy (non-hydrogen) atoms. The van der Waals surface area contributed by atoms with Crippen molar-refractivity contribution in [3.05, 3.63) is 217 Å². The van der Waals surface area contributed by atoms with Gasteiger partial charge in [0.1, 0.15) is 0 Å². The molecule has 5 heterocycles. The molecule has 0 amide bonds. The van der Waals surface area contributed by atoms with E-state index in [-0.39, 0.29) is 11.5 Å². The Hall–Kier alpha value is -9.06. The van der Waals surface area contributed by atoms with Crippen molar-refractivity contribution in [2.45, 2.75) is 18.4 Å². The fraction of sp³-hybridized carbons (Fsp3) is 0.0508. The summed E-state index contributed by atoms with van der Waals surface area (Å²) < 4.78 is 6.70. The molecule has 12 aromatic rings. The van der Waals surface area contributed by atoms with Crippen LogP contribution in [0.5, 0.6) is 0 Å². The summed E-state index contributed by atoms with van der Waals surface area (Å²) in [5.41, 5.74) is 12.2. The molecular weight excluding hydrogens is 821 g/mol. The molecule has 314 valence electrons. The predicted molar refractivity (Wildman–Crippen MR) is 271 cm³/mol. The molecule has 8 heteroatoms. The molecule has 1 aliphatic heterocycles. The Morgan fingerprint density at radius 1 is 0.478 bits per heavy atom. The van der Waals surface area contributed by atoms with Gasteiger partial charge < -0.3 is 9.47 Å². The van der Waals surface area contributed by atoms with Crippen LogP contribution in [0.3, 0.4) is 0 Å². The summed E-state index contributed by atoms with van der Waals surface area (Å²) >= 11 is 0. The van der Waals surface area contributed by atoms with Gasteiger partial charge in [0.2, 0.25) is 11.9 Å². The zero-order chi connectivity index (χ0) is 44.4. The highest BCUT2D eigenvalue weighted by Gasteiger charge is 2.46. The van der Waals surface area contributed by atoms with Gasteiger partial charge in [-0.1, -0.05) is 115 Å². The molecule has 0 fully saturated rings. The van der Waals surface area contributed by atoms with E-state index in [0.29, 0.717) is 23.3 Å². The Morgan fingerprint density at radius 3 is 1.57 bits per heavy atom. The van der Waals surface area contributed by atoms with E-state index in [0.717, 1.165) is 71.6 Å². The lowest BCUT2D eigenvalue weighted by molar-refractivity contribution is 0.551. The monoisotopic (exact) mass is 858 g/mol. The zero-order valence-corrected chi connectivity index (χ0v) is 36.3. The highest BCUT2D eigenvalue weighted by molar-refractivity contribution is 6.13. The molecule has 0 spiro atoms. The summed E-state index contributed by atoms with van der Waals surface area (Å²) in [6, 6.07) is 66.3. The van der Waals surface area contributed by atoms with Crippen LogP contribution in [0, 0.1) is 11.3 Å². The van der Waals surface area contributed by atoms with Crippen LogP contribution < -0.4 is 4.90 Å². The molecule has 0 saturated heterocycles. The van der Waals surface area contributed by atoms with Crippen LogP contribution in [0.25, 0.3) is 94.4 Å². The van der Waals surface area contributed by atoms with E-state index in [1.54, 1.807) is 0 Å². The maximum absolute atomic E-state index is 9.72. The number of hydrogen-bond donors (Lipinski definition) is 0. The molecule has 8 nitrogen and oxygen atoms in total. The van der Waals surface area contributed by atoms with E-state index >= 15 is 0 Å². The van der Waals surface area contributed by atoms with Gasteiger partial charge in [0.15, 0.2) is 5.82 Å². The molecule has 4 aromatic heterocycles. The Labute approximate surface area is 384 Å². The summed E-state index contributed by atoms with van der Waals surface area (Å²) in [5.74, 6) is 1.49. The normalized spacial score (nSPS) is 16.5. The Balaban J connectivity index is 0.995. The van der Waals surface area contributed by atoms with Crippen LogP contribution in [0.4, 0.5) is 11.4 Å². The summed E-state index contributed by atoms with van der Waals surface area (Å²) in [6.07, 6.45) is 9.00. The first-order chi connectivity index (χ1) is 33.1. The Bertz CT molecular complexity index is 4110. The van der Waals surface area contributed by atoms with E-state index < -0.39 is 0 Å². The number of fused-ring (bicyclic) bond motifs is 12. The minimum atomic E-state index is -0.156. The molecule has 0 bridgehead atoms. The SMILES string of the molecule is CC12C=CC=CC1N(c1ccc3c(c1)c1ccccc1n3-c1nc(-c3ccc(C#N)cc3)nc(-n3c4ccccc4c4cc(-n5c6ccccc6c6ccccc65)ccc43)n1)c1ccccc12. The second-order valence-corrected chi connectivity index (χ2v) is 17.8. The number of allylic oxidation sites excluding steroid dienone is 2. The van der Waals surface area contributed by atoms with Gasteiger partial charge in [0.05, 0.1) is 50.8 Å². The van der Waals surface area contributed by atoms with E-state index in [1.807, 2.05) is 24.3 Å². The topological polar surface area (TPSA) is 80.5 Å². The first kappa shape index (κ1) is 37.3. The van der Waals surface area contributed by atoms with Crippen molar-refractivity contribution in [3.63, 3.8) is 0 Å². The number of nitrogens with zero attached hydrogens (tertiary/aromatic N) is 8. The molecule has 8 aromatic carbocycles. The highest BCUT2D eigenvalue weighted by Crippen LogP contribution is 2.52. The molecule has 2 atom stereocenters. The summed E-state index contributed by atoms with van der Waals surface area (Å²) in [5, 5.41) is 16.5. The molecule has 2 aliphatic rings. The summed E-state index contributed by atoms with van der Waals surface area (Å²) in [6.45, 7) is 2.34. The number of nitriles is 1. The Morgan fingerprint density at radius 2 is 0.970 bits per heavy atom. The molecule has 0 saturated carbocycles. The van der Waals surface area contributed by atoms with Crippen LogP contribution in [-0.4, -0.2) is 34.7 Å². The number of anilines is 2. The van der Waals surface area contributed by atoms with E-state index in [1.165, 1.54) is 22.0 Å². The number of aromatic nitrogens is 6. The van der Waals surface area contributed by atoms with Crippen molar-refractivity contribution < 1.29 is 0 Å². The van der Waals surface area contributed by atoms with Crippen molar-refractivity contribution >= 4 is 76.8 Å². The number of para-hydroxylation sites is 5. The first-order valence-electron chi connectivity index (χ1n) is 22.6. The second kappa shape index (κ2) is 14.0. The van der Waals surface area contributed by atoms with E-state index in [9.17, 15) is 5.26 Å². The van der Waals surface area contributed by atoms with Crippen LogP contribution in [-0.2, 0) is 5.41 Å². The smallest absolute Gasteiger partial charge is 0.240 e. The predicted octanol–water partition coefficient (Wildman–Crippen LogP) is 13.6. The maximum Gasteiger partial charge on any atom is 0.240 e. The third-order valence-electron chi connectivity index (χ3n) is 14.2. The first-order valence-corrected chi connectivity index (χ1v) is 22.6. The van der Waals surface area contributed by atoms with Gasteiger partial charge in [-0.05, 0) is 103 Å². The largest absolute Gasteiger partial charge is 0.333 e. The third kappa shape index (κ3) is 5.31. The van der Waals surface area contributed by atoms with Gasteiger partial charge in [-0.3, -0.25) is 9.13 Å². The second-order valence-electron chi connectivity index (χ2n) is 17.8. The van der Waals surface area contributed by atoms with Gasteiger partial charge in [0, 0.05) is 60.4 Å². The molecule has 14 rings (SSSR count). The molecular formula is C59H38N8. The van der Waals surface area contributed by atoms with Gasteiger partial charge in [-0.15, -0.1) is 0 Å². The van der Waals surface area contributed by atoms with Gasteiger partial charge in [-0.2, -0.15) is 20.2 Å². The van der Waals surface area contributed by atoms with Gasteiger partial charge in [0.25, 0.3) is 0 Å². The fourth-order valence-electron chi connectivity index (χ4n) is 11.1. The van der Waals surface area contributed by atoms with Crippen molar-refractivity contribution in [1.29, 1.82) is 5.26 Å². The van der Waals surface area contributed by atoms with Crippen LogP contribution in [0.15, 0.2) is 206 Å². The zero-order valence-electron chi connectivity index (χ0n) is 36.3. The van der Waals surface area contributed by atoms with Crippen molar-refractivity contribution in [1.82, 2.24) is 28.7 Å². The minimum Gasteiger partial charge on any atom is -0.333 e. The van der Waals surface area contributed by atoms with Gasteiger partial charge in [-0.25, -0.2) is 0 Å². The lowest BCUT2D eigenvalue weighted by atomic mass is 9.76. The van der Waals surface area contributed by atoms with E-state index in [2.05, 4.69) is 214 Å². The molecule has 0 radical (unpaired) electrons. The van der Waals surface area contributed by atoms with Crippen LogP contribution in [0.1, 0.15) is 18.1 Å². The lowest BCUT2D eigenvalue weighted by Crippen LogP contribution is -2.39. The highest BCUT2D eigenvalue weighted by atomic mass is 15.3. The number of hydrogen-bond acceptors (Lipinski definition) is 5. The van der Waals surface area contributed by atoms with Crippen molar-refractivity contribution in [2.24, 2.45) is 0 Å². The van der Waals surface area contributed by atoms with Crippen LogP contribution in [0.2, 0.25) is 0 Å². The van der Waals surface area contributed by atoms with Crippen molar-refractivity contribution in [3.8, 4) is 35.0 Å². The van der Waals surface area contributed by atoms with E-state index in [4.69, 9.17) is 15.0 Å². The fourth-order valence-corrected chi connectivity index (χ4v) is 11.1. The summed E-state index contributed by atoms with van der Waals surface area (Å²) in [4.78, 5) is 18.5. The summed E-state index contributed by atoms with van der Waals surface area (Å²) in [7, 11) is 0. The van der Waals surface area contributed by atoms with Gasteiger partial charge >= 0.3 is 0 Å². The Kier molecular flexibility index (Phi) is 7.78. The maximum atomic E-state index is 9.72. The molecule has 2 unspecified atom stereocenters. The average Bonchev–Trinajstić information content (AvgIpc) is 4.09. The van der Waals surface area contributed by atoms with Crippen LogP contribution >= 0.6 is 0 Å². The number of rotatable bonds is 5. The minimum absolute atomic E-state index is 0.131. The lowest BCUT2D eigenvalue weighted by Gasteiger charge is -2.34.